The molecule has 0 unspecified atom stereocenters. The maximum atomic E-state index is 12.1. The van der Waals surface area contributed by atoms with E-state index in [4.69, 9.17) is 10.8 Å². The van der Waals surface area contributed by atoms with Gasteiger partial charge in [-0.3, -0.25) is 4.79 Å². The zero-order valence-corrected chi connectivity index (χ0v) is 10.7. The first kappa shape index (κ1) is 13.1. The second kappa shape index (κ2) is 5.54. The summed E-state index contributed by atoms with van der Waals surface area (Å²) in [6.07, 6.45) is 0. The fraction of sp³-hybridized carbons (Fsp3) is 0.133. The lowest BCUT2D eigenvalue weighted by molar-refractivity contribution is 0.102. The van der Waals surface area contributed by atoms with Crippen molar-refractivity contribution in [2.45, 2.75) is 13.5 Å². The number of amides is 1. The molecule has 2 aromatic rings. The van der Waals surface area contributed by atoms with Crippen molar-refractivity contribution in [3.8, 4) is 0 Å². The number of aryl methyl sites for hydroxylation is 1. The highest BCUT2D eigenvalue weighted by Crippen LogP contribution is 2.16. The minimum absolute atomic E-state index is 0.0148. The van der Waals surface area contributed by atoms with Gasteiger partial charge in [-0.1, -0.05) is 23.8 Å². The maximum absolute atomic E-state index is 12.1. The zero-order valence-electron chi connectivity index (χ0n) is 10.7. The van der Waals surface area contributed by atoms with Crippen molar-refractivity contribution in [3.63, 3.8) is 0 Å². The lowest BCUT2D eigenvalue weighted by Gasteiger charge is -2.08. The van der Waals surface area contributed by atoms with Gasteiger partial charge in [0.25, 0.3) is 5.91 Å². The van der Waals surface area contributed by atoms with Crippen LogP contribution in [0.15, 0.2) is 42.5 Å². The summed E-state index contributed by atoms with van der Waals surface area (Å²) in [7, 11) is 0. The van der Waals surface area contributed by atoms with Crippen LogP contribution in [0.3, 0.4) is 0 Å². The maximum Gasteiger partial charge on any atom is 0.257 e. The molecule has 0 radical (unpaired) electrons. The van der Waals surface area contributed by atoms with Crippen LogP contribution in [-0.2, 0) is 6.61 Å². The highest BCUT2D eigenvalue weighted by atomic mass is 16.3. The number of rotatable bonds is 3. The molecule has 19 heavy (non-hydrogen) atoms. The molecule has 98 valence electrons. The molecule has 4 N–H and O–H groups in total. The van der Waals surface area contributed by atoms with Crippen molar-refractivity contribution in [2.24, 2.45) is 0 Å². The predicted molar refractivity (Wildman–Crippen MR) is 75.9 cm³/mol. The Kier molecular flexibility index (Phi) is 3.82. The van der Waals surface area contributed by atoms with Gasteiger partial charge in [0.05, 0.1) is 12.2 Å². The highest BCUT2D eigenvalue weighted by Gasteiger charge is 2.10. The quantitative estimate of drug-likeness (QED) is 0.738. The summed E-state index contributed by atoms with van der Waals surface area (Å²) in [5, 5.41) is 11.7. The van der Waals surface area contributed by atoms with E-state index in [2.05, 4.69) is 5.32 Å². The monoisotopic (exact) mass is 256 g/mol. The number of carbonyl (C=O) groups excluding carboxylic acids is 1. The smallest absolute Gasteiger partial charge is 0.257 e. The molecule has 0 aliphatic heterocycles. The Balaban J connectivity index is 2.18. The van der Waals surface area contributed by atoms with Gasteiger partial charge in [-0.05, 0) is 36.8 Å². The molecular formula is C15H16N2O2. The van der Waals surface area contributed by atoms with Gasteiger partial charge in [-0.2, -0.15) is 0 Å². The van der Waals surface area contributed by atoms with E-state index in [1.807, 2.05) is 13.0 Å². The number of aliphatic hydroxyl groups excluding tert-OH is 1. The minimum atomic E-state index is -0.238. The fourth-order valence-corrected chi connectivity index (χ4v) is 1.76. The first-order valence-corrected chi connectivity index (χ1v) is 5.97. The average Bonchev–Trinajstić information content (AvgIpc) is 2.42. The summed E-state index contributed by atoms with van der Waals surface area (Å²) >= 11 is 0. The van der Waals surface area contributed by atoms with E-state index >= 15 is 0 Å². The summed E-state index contributed by atoms with van der Waals surface area (Å²) in [5.41, 5.74) is 9.16. The molecule has 0 spiro atoms. The van der Waals surface area contributed by atoms with E-state index in [9.17, 15) is 4.79 Å². The Labute approximate surface area is 111 Å². The number of nitrogens with two attached hydrogens (primary N) is 1. The van der Waals surface area contributed by atoms with Crippen LogP contribution in [-0.4, -0.2) is 11.0 Å². The van der Waals surface area contributed by atoms with Gasteiger partial charge in [0.1, 0.15) is 0 Å². The summed E-state index contributed by atoms with van der Waals surface area (Å²) in [6.45, 7) is 1.89. The first-order chi connectivity index (χ1) is 9.10. The third-order valence-corrected chi connectivity index (χ3v) is 2.85. The molecule has 0 heterocycles. The number of hydrogen-bond acceptors (Lipinski definition) is 3. The lowest BCUT2D eigenvalue weighted by atomic mass is 10.1. The van der Waals surface area contributed by atoms with Gasteiger partial charge >= 0.3 is 0 Å². The van der Waals surface area contributed by atoms with Gasteiger partial charge in [-0.15, -0.1) is 0 Å². The molecule has 0 aliphatic rings. The molecule has 2 aromatic carbocycles. The topological polar surface area (TPSA) is 75.4 Å². The molecule has 4 heteroatoms. The molecule has 0 saturated heterocycles. The molecule has 2 rings (SSSR count). The van der Waals surface area contributed by atoms with E-state index in [1.54, 1.807) is 36.4 Å². The lowest BCUT2D eigenvalue weighted by Crippen LogP contribution is -2.14. The number of benzene rings is 2. The Bertz CT molecular complexity index is 592. The highest BCUT2D eigenvalue weighted by molar-refractivity contribution is 6.07. The second-order valence-electron chi connectivity index (χ2n) is 4.40. The van der Waals surface area contributed by atoms with E-state index in [0.717, 1.165) is 11.1 Å². The normalized spacial score (nSPS) is 10.2. The van der Waals surface area contributed by atoms with Gasteiger partial charge in [-0.25, -0.2) is 0 Å². The van der Waals surface area contributed by atoms with Crippen LogP contribution in [0.4, 0.5) is 11.4 Å². The van der Waals surface area contributed by atoms with E-state index in [0.29, 0.717) is 16.9 Å². The molecule has 4 nitrogen and oxygen atoms in total. The number of nitrogens with one attached hydrogen (secondary N) is 1. The molecule has 0 bridgehead atoms. The van der Waals surface area contributed by atoms with Crippen molar-refractivity contribution in [2.75, 3.05) is 11.1 Å². The summed E-state index contributed by atoms with van der Waals surface area (Å²) in [5.74, 6) is -0.238. The van der Waals surface area contributed by atoms with E-state index in [1.165, 1.54) is 0 Å². The third kappa shape index (κ3) is 3.11. The zero-order chi connectivity index (χ0) is 13.8. The van der Waals surface area contributed by atoms with Crippen molar-refractivity contribution in [1.82, 2.24) is 0 Å². The number of carbonyl (C=O) groups is 1. The molecule has 0 aliphatic carbocycles. The van der Waals surface area contributed by atoms with Crippen LogP contribution >= 0.6 is 0 Å². The Morgan fingerprint density at radius 2 is 1.89 bits per heavy atom. The fourth-order valence-electron chi connectivity index (χ4n) is 1.76. The largest absolute Gasteiger partial charge is 0.398 e. The summed E-state index contributed by atoms with van der Waals surface area (Å²) in [4.78, 5) is 12.1. The molecule has 1 amide bonds. The Morgan fingerprint density at radius 1 is 1.21 bits per heavy atom. The Hall–Kier alpha value is -2.33. The number of aliphatic hydroxyl groups is 1. The molecular weight excluding hydrogens is 240 g/mol. The van der Waals surface area contributed by atoms with Crippen molar-refractivity contribution in [1.29, 1.82) is 0 Å². The van der Waals surface area contributed by atoms with Crippen LogP contribution in [0.2, 0.25) is 0 Å². The second-order valence-corrected chi connectivity index (χ2v) is 4.40. The van der Waals surface area contributed by atoms with Crippen LogP contribution in [0, 0.1) is 6.92 Å². The van der Waals surface area contributed by atoms with E-state index < -0.39 is 0 Å². The van der Waals surface area contributed by atoms with Crippen LogP contribution in [0.25, 0.3) is 0 Å². The summed E-state index contributed by atoms with van der Waals surface area (Å²) < 4.78 is 0. The van der Waals surface area contributed by atoms with Crippen molar-refractivity contribution >= 4 is 17.3 Å². The van der Waals surface area contributed by atoms with Crippen LogP contribution < -0.4 is 11.1 Å². The Morgan fingerprint density at radius 3 is 2.53 bits per heavy atom. The van der Waals surface area contributed by atoms with Crippen molar-refractivity contribution < 1.29 is 9.90 Å². The molecule has 0 aromatic heterocycles. The third-order valence-electron chi connectivity index (χ3n) is 2.85. The minimum Gasteiger partial charge on any atom is -0.398 e. The standard InChI is InChI=1S/C15H16N2O2/c1-10-2-7-14(16)13(8-10)15(19)17-12-5-3-11(9-18)4-6-12/h2-8,18H,9,16H2,1H3,(H,17,19). The predicted octanol–water partition coefficient (Wildman–Crippen LogP) is 2.32. The average molecular weight is 256 g/mol. The summed E-state index contributed by atoms with van der Waals surface area (Å²) in [6, 6.07) is 12.4. The van der Waals surface area contributed by atoms with Gasteiger partial charge < -0.3 is 16.2 Å². The van der Waals surface area contributed by atoms with Crippen LogP contribution in [0.5, 0.6) is 0 Å². The first-order valence-electron chi connectivity index (χ1n) is 5.97. The van der Waals surface area contributed by atoms with Gasteiger partial charge in [0.15, 0.2) is 0 Å². The number of anilines is 2. The molecule has 0 saturated carbocycles. The van der Waals surface area contributed by atoms with Gasteiger partial charge in [0, 0.05) is 11.4 Å². The van der Waals surface area contributed by atoms with E-state index in [-0.39, 0.29) is 12.5 Å². The SMILES string of the molecule is Cc1ccc(N)c(C(=O)Nc2ccc(CO)cc2)c1. The molecule has 0 fully saturated rings. The van der Waals surface area contributed by atoms with Gasteiger partial charge in [0.2, 0.25) is 0 Å². The molecule has 0 atom stereocenters. The number of hydrogen-bond donors (Lipinski definition) is 3. The number of nitrogen functional groups attached to an aromatic ring is 1. The van der Waals surface area contributed by atoms with Crippen molar-refractivity contribution in [3.05, 3.63) is 59.2 Å². The van der Waals surface area contributed by atoms with Crippen LogP contribution in [0.1, 0.15) is 21.5 Å².